The van der Waals surface area contributed by atoms with Crippen molar-refractivity contribution in [2.24, 2.45) is 0 Å². The first kappa shape index (κ1) is 13.2. The van der Waals surface area contributed by atoms with Crippen molar-refractivity contribution in [2.45, 2.75) is 0 Å². The Bertz CT molecular complexity index is 834. The predicted octanol–water partition coefficient (Wildman–Crippen LogP) is 3.98. The summed E-state index contributed by atoms with van der Waals surface area (Å²) in [5.74, 6) is -1.91. The number of nitrogen functional groups attached to an aromatic ring is 1. The number of pyridine rings is 1. The molecule has 0 unspecified atom stereocenters. The monoisotopic (exact) mass is 289 g/mol. The van der Waals surface area contributed by atoms with E-state index < -0.39 is 17.5 Å². The number of hydrogen-bond acceptors (Lipinski definition) is 3. The Morgan fingerprint density at radius 2 is 1.76 bits per heavy atom. The molecule has 6 heteroatoms. The molecule has 0 atom stereocenters. The summed E-state index contributed by atoms with van der Waals surface area (Å²) in [7, 11) is 0. The largest absolute Gasteiger partial charge is 0.398 e. The Hall–Kier alpha value is -2.76. The van der Waals surface area contributed by atoms with Gasteiger partial charge in [-0.15, -0.1) is 0 Å². The van der Waals surface area contributed by atoms with E-state index in [-0.39, 0.29) is 16.9 Å². The van der Waals surface area contributed by atoms with Crippen molar-refractivity contribution in [1.82, 2.24) is 4.98 Å². The zero-order valence-corrected chi connectivity index (χ0v) is 10.7. The van der Waals surface area contributed by atoms with Crippen LogP contribution in [0, 0.1) is 17.5 Å². The van der Waals surface area contributed by atoms with Gasteiger partial charge in [0.25, 0.3) is 0 Å². The Balaban J connectivity index is 2.15. The zero-order chi connectivity index (χ0) is 15.0. The van der Waals surface area contributed by atoms with Crippen LogP contribution in [0.15, 0.2) is 42.6 Å². The van der Waals surface area contributed by atoms with Gasteiger partial charge in [0.1, 0.15) is 23.3 Å². The third-order valence-electron chi connectivity index (χ3n) is 3.09. The van der Waals surface area contributed by atoms with Crippen molar-refractivity contribution in [3.05, 3.63) is 60.0 Å². The minimum atomic E-state index is -0.793. The highest BCUT2D eigenvalue weighted by molar-refractivity contribution is 6.00. The number of nitrogens with one attached hydrogen (secondary N) is 1. The maximum atomic E-state index is 14.0. The number of benzene rings is 2. The summed E-state index contributed by atoms with van der Waals surface area (Å²) >= 11 is 0. The minimum Gasteiger partial charge on any atom is -0.398 e. The van der Waals surface area contributed by atoms with Gasteiger partial charge in [0.2, 0.25) is 0 Å². The van der Waals surface area contributed by atoms with Crippen LogP contribution in [0.1, 0.15) is 0 Å². The molecule has 0 amide bonds. The number of nitrogens with two attached hydrogens (primary N) is 1. The molecule has 3 rings (SSSR count). The molecule has 21 heavy (non-hydrogen) atoms. The van der Waals surface area contributed by atoms with Crippen LogP contribution in [-0.4, -0.2) is 4.98 Å². The molecule has 0 spiro atoms. The smallest absolute Gasteiger partial charge is 0.149 e. The van der Waals surface area contributed by atoms with Gasteiger partial charge in [-0.2, -0.15) is 0 Å². The van der Waals surface area contributed by atoms with E-state index in [1.807, 2.05) is 0 Å². The number of fused-ring (bicyclic) bond motifs is 1. The summed E-state index contributed by atoms with van der Waals surface area (Å²) in [5, 5.41) is 3.28. The van der Waals surface area contributed by atoms with Crippen molar-refractivity contribution in [2.75, 3.05) is 11.1 Å². The van der Waals surface area contributed by atoms with Gasteiger partial charge in [-0.3, -0.25) is 0 Å². The van der Waals surface area contributed by atoms with Crippen LogP contribution in [-0.2, 0) is 0 Å². The minimum absolute atomic E-state index is 0.00164. The molecule has 0 radical (unpaired) electrons. The Morgan fingerprint density at radius 1 is 0.952 bits per heavy atom. The number of anilines is 3. The van der Waals surface area contributed by atoms with Gasteiger partial charge in [-0.1, -0.05) is 0 Å². The summed E-state index contributed by atoms with van der Waals surface area (Å²) in [6.45, 7) is 0. The van der Waals surface area contributed by atoms with E-state index in [0.717, 1.165) is 12.1 Å². The molecule has 1 aromatic heterocycles. The normalized spacial score (nSPS) is 10.8. The first-order valence-corrected chi connectivity index (χ1v) is 6.11. The van der Waals surface area contributed by atoms with Crippen molar-refractivity contribution in [3.63, 3.8) is 0 Å². The predicted molar refractivity (Wildman–Crippen MR) is 75.8 cm³/mol. The molecule has 3 N–H and O–H groups in total. The number of nitrogens with zero attached hydrogens (tertiary/aromatic N) is 1. The van der Waals surface area contributed by atoms with Crippen LogP contribution < -0.4 is 11.1 Å². The molecule has 0 aliphatic heterocycles. The van der Waals surface area contributed by atoms with Crippen LogP contribution >= 0.6 is 0 Å². The molecular formula is C15H10F3N3. The lowest BCUT2D eigenvalue weighted by Crippen LogP contribution is -2.00. The van der Waals surface area contributed by atoms with Crippen LogP contribution in [0.2, 0.25) is 0 Å². The highest BCUT2D eigenvalue weighted by Crippen LogP contribution is 2.31. The standard InChI is InChI=1S/C15H10F3N3/c16-8-1-4-13(11(18)7-8)21-15-14-9(5-6-20-15)12(19)3-2-10(14)17/h1-7H,19H2,(H,20,21). The van der Waals surface area contributed by atoms with E-state index in [0.29, 0.717) is 11.1 Å². The van der Waals surface area contributed by atoms with E-state index in [9.17, 15) is 13.2 Å². The Morgan fingerprint density at radius 3 is 2.52 bits per heavy atom. The third kappa shape index (κ3) is 2.35. The molecule has 106 valence electrons. The van der Waals surface area contributed by atoms with Gasteiger partial charge in [0.05, 0.1) is 11.1 Å². The first-order valence-electron chi connectivity index (χ1n) is 6.11. The molecule has 0 aliphatic rings. The molecule has 1 heterocycles. The fourth-order valence-electron chi connectivity index (χ4n) is 2.09. The first-order chi connectivity index (χ1) is 10.1. The number of halogens is 3. The van der Waals surface area contributed by atoms with Gasteiger partial charge < -0.3 is 11.1 Å². The summed E-state index contributed by atoms with van der Waals surface area (Å²) < 4.78 is 40.6. The fraction of sp³-hybridized carbons (Fsp3) is 0. The van der Waals surface area contributed by atoms with Crippen molar-refractivity contribution in [1.29, 1.82) is 0 Å². The van der Waals surface area contributed by atoms with E-state index >= 15 is 0 Å². The van der Waals surface area contributed by atoms with Gasteiger partial charge in [0, 0.05) is 23.3 Å². The van der Waals surface area contributed by atoms with Crippen LogP contribution in [0.3, 0.4) is 0 Å². The van der Waals surface area contributed by atoms with E-state index in [1.165, 1.54) is 24.4 Å². The number of aromatic nitrogens is 1. The zero-order valence-electron chi connectivity index (χ0n) is 10.7. The Kier molecular flexibility index (Phi) is 3.13. The van der Waals surface area contributed by atoms with Gasteiger partial charge in [0.15, 0.2) is 0 Å². The van der Waals surface area contributed by atoms with Crippen LogP contribution in [0.5, 0.6) is 0 Å². The molecule has 3 nitrogen and oxygen atoms in total. The quantitative estimate of drug-likeness (QED) is 0.702. The molecule has 0 bridgehead atoms. The number of rotatable bonds is 2. The molecule has 2 aromatic carbocycles. The average molecular weight is 289 g/mol. The molecule has 3 aromatic rings. The third-order valence-corrected chi connectivity index (χ3v) is 3.09. The van der Waals surface area contributed by atoms with Gasteiger partial charge >= 0.3 is 0 Å². The van der Waals surface area contributed by atoms with Crippen LogP contribution in [0.25, 0.3) is 10.8 Å². The van der Waals surface area contributed by atoms with E-state index in [4.69, 9.17) is 5.73 Å². The SMILES string of the molecule is Nc1ccc(F)c2c(Nc3ccc(F)cc3F)nccc12. The highest BCUT2D eigenvalue weighted by atomic mass is 19.1. The molecule has 0 saturated carbocycles. The van der Waals surface area contributed by atoms with Crippen molar-refractivity contribution in [3.8, 4) is 0 Å². The molecule has 0 fully saturated rings. The lowest BCUT2D eigenvalue weighted by Gasteiger charge is -2.11. The van der Waals surface area contributed by atoms with Gasteiger partial charge in [-0.05, 0) is 30.3 Å². The molecular weight excluding hydrogens is 279 g/mol. The second-order valence-corrected chi connectivity index (χ2v) is 4.47. The molecule has 0 aliphatic carbocycles. The average Bonchev–Trinajstić information content (AvgIpc) is 2.46. The van der Waals surface area contributed by atoms with Crippen molar-refractivity contribution >= 4 is 28.0 Å². The fourth-order valence-corrected chi connectivity index (χ4v) is 2.09. The van der Waals surface area contributed by atoms with E-state index in [2.05, 4.69) is 10.3 Å². The maximum Gasteiger partial charge on any atom is 0.149 e. The summed E-state index contributed by atoms with van der Waals surface area (Å²) in [4.78, 5) is 4.00. The number of hydrogen-bond donors (Lipinski definition) is 2. The van der Waals surface area contributed by atoms with Crippen LogP contribution in [0.4, 0.5) is 30.4 Å². The lowest BCUT2D eigenvalue weighted by molar-refractivity contribution is 0.586. The second-order valence-electron chi connectivity index (χ2n) is 4.47. The maximum absolute atomic E-state index is 14.0. The topological polar surface area (TPSA) is 50.9 Å². The van der Waals surface area contributed by atoms with Gasteiger partial charge in [-0.25, -0.2) is 18.2 Å². The Labute approximate surface area is 118 Å². The summed E-state index contributed by atoms with van der Waals surface area (Å²) in [6, 6.07) is 7.28. The summed E-state index contributed by atoms with van der Waals surface area (Å²) in [6.07, 6.45) is 1.43. The highest BCUT2D eigenvalue weighted by Gasteiger charge is 2.12. The summed E-state index contributed by atoms with van der Waals surface area (Å²) in [5.41, 5.74) is 6.18. The van der Waals surface area contributed by atoms with Crippen molar-refractivity contribution < 1.29 is 13.2 Å². The molecule has 0 saturated heterocycles. The van der Waals surface area contributed by atoms with E-state index in [1.54, 1.807) is 6.07 Å². The lowest BCUT2D eigenvalue weighted by atomic mass is 10.1. The second kappa shape index (κ2) is 4.97.